The van der Waals surface area contributed by atoms with Gasteiger partial charge in [-0.05, 0) is 59.8 Å². The molecule has 0 heteroatoms. The van der Waals surface area contributed by atoms with Gasteiger partial charge in [0.1, 0.15) is 0 Å². The average molecular weight is 327 g/mol. The Hall–Kier alpha value is -1.04. The minimum absolute atomic E-state index is 0.240. The molecule has 0 heterocycles. The highest BCUT2D eigenvalue weighted by atomic mass is 14.4. The summed E-state index contributed by atoms with van der Waals surface area (Å²) in [5, 5.41) is 0. The van der Waals surface area contributed by atoms with Crippen molar-refractivity contribution in [3.8, 4) is 0 Å². The van der Waals surface area contributed by atoms with Gasteiger partial charge in [-0.3, -0.25) is 0 Å². The van der Waals surface area contributed by atoms with Gasteiger partial charge in [0.25, 0.3) is 0 Å². The Balaban J connectivity index is 2.17. The van der Waals surface area contributed by atoms with Crippen LogP contribution in [0.2, 0.25) is 0 Å². The van der Waals surface area contributed by atoms with Crippen molar-refractivity contribution < 1.29 is 0 Å². The van der Waals surface area contributed by atoms with Crippen molar-refractivity contribution in [2.24, 2.45) is 35.0 Å². The smallest absolute Gasteiger partial charge is 0.00831 e. The first-order chi connectivity index (χ1) is 11.3. The van der Waals surface area contributed by atoms with Crippen LogP contribution in [0.4, 0.5) is 0 Å². The van der Waals surface area contributed by atoms with E-state index in [0.717, 1.165) is 30.1 Å². The second-order valence-corrected chi connectivity index (χ2v) is 9.17. The maximum Gasteiger partial charge on any atom is -0.00831 e. The summed E-state index contributed by atoms with van der Waals surface area (Å²) < 4.78 is 0. The number of hydrogen-bond acceptors (Lipinski definition) is 0. The van der Waals surface area contributed by atoms with Gasteiger partial charge in [0.05, 0.1) is 0 Å². The van der Waals surface area contributed by atoms with Crippen LogP contribution in [0.15, 0.2) is 42.5 Å². The molecule has 1 aliphatic carbocycles. The number of benzene rings is 1. The predicted molar refractivity (Wildman–Crippen MR) is 107 cm³/mol. The number of rotatable bonds is 6. The highest BCUT2D eigenvalue weighted by Gasteiger charge is 2.31. The molecule has 1 aliphatic rings. The van der Waals surface area contributed by atoms with Gasteiger partial charge in [0.15, 0.2) is 0 Å². The molecule has 0 spiro atoms. The van der Waals surface area contributed by atoms with Crippen molar-refractivity contribution in [3.63, 3.8) is 0 Å². The van der Waals surface area contributed by atoms with Crippen molar-refractivity contribution >= 4 is 0 Å². The van der Waals surface area contributed by atoms with Crippen LogP contribution in [0, 0.1) is 35.0 Å². The quantitative estimate of drug-likeness (QED) is 0.487. The van der Waals surface area contributed by atoms with Gasteiger partial charge in [-0.15, -0.1) is 0 Å². The van der Waals surface area contributed by atoms with E-state index in [1.54, 1.807) is 0 Å². The largest absolute Gasteiger partial charge is 0.0846 e. The highest BCUT2D eigenvalue weighted by molar-refractivity contribution is 5.19. The van der Waals surface area contributed by atoms with E-state index < -0.39 is 0 Å². The van der Waals surface area contributed by atoms with Crippen molar-refractivity contribution in [2.45, 2.75) is 67.2 Å². The molecule has 0 unspecified atom stereocenters. The van der Waals surface area contributed by atoms with Gasteiger partial charge in [0, 0.05) is 0 Å². The number of allylic oxidation sites excluding steroid dienone is 2. The van der Waals surface area contributed by atoms with E-state index in [1.165, 1.54) is 24.8 Å². The highest BCUT2D eigenvalue weighted by Crippen LogP contribution is 2.40. The van der Waals surface area contributed by atoms with Gasteiger partial charge >= 0.3 is 0 Å². The zero-order valence-electron chi connectivity index (χ0n) is 16.8. The molecule has 0 nitrogen and oxygen atoms in total. The van der Waals surface area contributed by atoms with E-state index in [-0.39, 0.29) is 5.41 Å². The lowest BCUT2D eigenvalue weighted by molar-refractivity contribution is 0.176. The van der Waals surface area contributed by atoms with Gasteiger partial charge in [-0.25, -0.2) is 0 Å². The topological polar surface area (TPSA) is 0 Å². The van der Waals surface area contributed by atoms with E-state index in [4.69, 9.17) is 0 Å². The molecule has 1 aromatic rings. The van der Waals surface area contributed by atoms with Gasteiger partial charge in [0.2, 0.25) is 0 Å². The molecule has 0 aliphatic heterocycles. The Morgan fingerprint density at radius 2 is 1.75 bits per heavy atom. The Kier molecular flexibility index (Phi) is 6.72. The molecule has 0 aromatic heterocycles. The fourth-order valence-electron chi connectivity index (χ4n) is 4.33. The molecular formula is C24H38. The summed E-state index contributed by atoms with van der Waals surface area (Å²) in [4.78, 5) is 0. The Morgan fingerprint density at radius 1 is 1.08 bits per heavy atom. The minimum Gasteiger partial charge on any atom is -0.0846 e. The van der Waals surface area contributed by atoms with Gasteiger partial charge in [-0.1, -0.05) is 90.4 Å². The molecular weight excluding hydrogens is 288 g/mol. The monoisotopic (exact) mass is 326 g/mol. The van der Waals surface area contributed by atoms with E-state index in [1.807, 2.05) is 0 Å². The molecule has 0 saturated heterocycles. The first kappa shape index (κ1) is 19.3. The normalized spacial score (nSPS) is 27.8. The maximum absolute atomic E-state index is 2.60. The van der Waals surface area contributed by atoms with Crippen molar-refractivity contribution in [1.29, 1.82) is 0 Å². The first-order valence-corrected chi connectivity index (χ1v) is 10.0. The lowest BCUT2D eigenvalue weighted by Crippen LogP contribution is -2.28. The van der Waals surface area contributed by atoms with E-state index in [0.29, 0.717) is 5.92 Å². The van der Waals surface area contributed by atoms with Crippen LogP contribution in [0.3, 0.4) is 0 Å². The van der Waals surface area contributed by atoms with Crippen LogP contribution in [0.25, 0.3) is 0 Å². The fourth-order valence-corrected chi connectivity index (χ4v) is 4.33. The Labute approximate surface area is 150 Å². The molecule has 1 saturated carbocycles. The molecule has 24 heavy (non-hydrogen) atoms. The second-order valence-electron chi connectivity index (χ2n) is 9.17. The van der Waals surface area contributed by atoms with Gasteiger partial charge in [-0.2, -0.15) is 0 Å². The zero-order chi connectivity index (χ0) is 17.7. The van der Waals surface area contributed by atoms with Crippen molar-refractivity contribution in [2.75, 3.05) is 0 Å². The summed E-state index contributed by atoms with van der Waals surface area (Å²) in [6.07, 6.45) is 10.5. The predicted octanol–water partition coefficient (Wildman–Crippen LogP) is 7.16. The molecule has 0 bridgehead atoms. The van der Waals surface area contributed by atoms with Crippen LogP contribution in [-0.2, 0) is 6.42 Å². The van der Waals surface area contributed by atoms with Crippen molar-refractivity contribution in [3.05, 3.63) is 48.0 Å². The molecule has 4 atom stereocenters. The third-order valence-electron chi connectivity index (χ3n) is 6.54. The minimum atomic E-state index is 0.240. The standard InChI is InChI=1S/C24H38/c1-18(2)23-13-12-20(5)16-22(23)14-15-24(6,19(3)4)17-21-10-8-7-9-11-21/h7-11,14-15,18-20,22-23H,12-13,16-17H2,1-6H3/t20-,22-,23-,24-/m1/s1. The fraction of sp³-hybridized carbons (Fsp3) is 0.667. The van der Waals surface area contributed by atoms with Crippen LogP contribution in [-0.4, -0.2) is 0 Å². The molecule has 0 amide bonds. The SMILES string of the molecule is CC(C)[C@H]1CC[C@@H](C)C[C@H]1C=C[C@](C)(Cc1ccccc1)C(C)C. The maximum atomic E-state index is 2.60. The zero-order valence-corrected chi connectivity index (χ0v) is 16.8. The van der Waals surface area contributed by atoms with Crippen LogP contribution in [0.5, 0.6) is 0 Å². The summed E-state index contributed by atoms with van der Waals surface area (Å²) >= 11 is 0. The van der Waals surface area contributed by atoms with Crippen LogP contribution in [0.1, 0.15) is 66.4 Å². The first-order valence-electron chi connectivity index (χ1n) is 10.0. The lowest BCUT2D eigenvalue weighted by atomic mass is 9.68. The molecule has 134 valence electrons. The van der Waals surface area contributed by atoms with E-state index in [9.17, 15) is 0 Å². The van der Waals surface area contributed by atoms with Gasteiger partial charge < -0.3 is 0 Å². The third kappa shape index (κ3) is 4.98. The summed E-state index contributed by atoms with van der Waals surface area (Å²) in [5.74, 6) is 3.96. The molecule has 1 aromatic carbocycles. The summed E-state index contributed by atoms with van der Waals surface area (Å²) in [5.41, 5.74) is 1.69. The molecule has 2 rings (SSSR count). The Morgan fingerprint density at radius 3 is 2.33 bits per heavy atom. The number of hydrogen-bond donors (Lipinski definition) is 0. The van der Waals surface area contributed by atoms with Crippen LogP contribution < -0.4 is 0 Å². The second kappa shape index (κ2) is 8.37. The lowest BCUT2D eigenvalue weighted by Gasteiger charge is -2.37. The summed E-state index contributed by atoms with van der Waals surface area (Å²) in [6.45, 7) is 14.4. The summed E-state index contributed by atoms with van der Waals surface area (Å²) in [7, 11) is 0. The van der Waals surface area contributed by atoms with Crippen LogP contribution >= 0.6 is 0 Å². The summed E-state index contributed by atoms with van der Waals surface area (Å²) in [6, 6.07) is 11.0. The van der Waals surface area contributed by atoms with Crippen molar-refractivity contribution in [1.82, 2.24) is 0 Å². The molecule has 1 fully saturated rings. The Bertz CT molecular complexity index is 510. The third-order valence-corrected chi connectivity index (χ3v) is 6.54. The average Bonchev–Trinajstić information content (AvgIpc) is 2.53. The van der Waals surface area contributed by atoms with E-state index in [2.05, 4.69) is 84.0 Å². The molecule has 0 radical (unpaired) electrons. The van der Waals surface area contributed by atoms with E-state index >= 15 is 0 Å². The molecule has 0 N–H and O–H groups in total.